The lowest BCUT2D eigenvalue weighted by atomic mass is 9.64. The molecule has 0 aliphatic heterocycles. The van der Waals surface area contributed by atoms with Crippen LogP contribution in [0.3, 0.4) is 0 Å². The zero-order valence-electron chi connectivity index (χ0n) is 16.5. The Balaban J connectivity index is 0.00000420. The maximum atomic E-state index is 13.0. The monoisotopic (exact) mass is 548 g/mol. The second kappa shape index (κ2) is 10.8. The van der Waals surface area contributed by atoms with Crippen LogP contribution in [0, 0.1) is 0 Å². The molecule has 1 aliphatic rings. The lowest BCUT2D eigenvalue weighted by Gasteiger charge is -2.43. The highest BCUT2D eigenvalue weighted by Crippen LogP contribution is 2.44. The molecule has 0 saturated heterocycles. The van der Waals surface area contributed by atoms with Crippen molar-refractivity contribution in [2.24, 2.45) is 4.99 Å². The van der Waals surface area contributed by atoms with Crippen molar-refractivity contribution in [3.63, 3.8) is 0 Å². The van der Waals surface area contributed by atoms with E-state index in [1.165, 1.54) is 12.1 Å². The molecular formula is C18H28F3IN4O2S. The molecule has 1 aromatic rings. The van der Waals surface area contributed by atoms with Crippen molar-refractivity contribution in [3.05, 3.63) is 35.4 Å². The molecule has 1 aliphatic carbocycles. The standard InChI is InChI=1S/C18H27F3N4O2S.HI/c1-22-16(23-10-5-11-25-28(2,26)27)24-13-17(8-4-9-17)14-6-3-7-15(12-14)18(19,20)21;/h3,6-7,12,25H,4-5,8-11,13H2,1-2H3,(H2,22,23,24);1H. The van der Waals surface area contributed by atoms with Gasteiger partial charge in [-0.25, -0.2) is 13.1 Å². The van der Waals surface area contributed by atoms with E-state index in [4.69, 9.17) is 0 Å². The van der Waals surface area contributed by atoms with Gasteiger partial charge in [0.1, 0.15) is 0 Å². The molecule has 0 heterocycles. The van der Waals surface area contributed by atoms with Crippen molar-refractivity contribution >= 4 is 40.0 Å². The van der Waals surface area contributed by atoms with Crippen LogP contribution in [0.2, 0.25) is 0 Å². The molecule has 6 nitrogen and oxygen atoms in total. The van der Waals surface area contributed by atoms with Crippen molar-refractivity contribution in [1.29, 1.82) is 0 Å². The van der Waals surface area contributed by atoms with E-state index in [-0.39, 0.29) is 29.4 Å². The molecule has 1 aromatic carbocycles. The summed E-state index contributed by atoms with van der Waals surface area (Å²) >= 11 is 0. The fourth-order valence-corrected chi connectivity index (χ4v) is 3.74. The largest absolute Gasteiger partial charge is 0.416 e. The molecule has 1 fully saturated rings. The first-order chi connectivity index (χ1) is 13.1. The number of nitrogens with zero attached hydrogens (tertiary/aromatic N) is 1. The van der Waals surface area contributed by atoms with Crippen LogP contribution in [-0.4, -0.2) is 47.3 Å². The van der Waals surface area contributed by atoms with Gasteiger partial charge < -0.3 is 10.6 Å². The van der Waals surface area contributed by atoms with Gasteiger partial charge in [-0.2, -0.15) is 13.2 Å². The highest BCUT2D eigenvalue weighted by atomic mass is 127. The number of nitrogens with one attached hydrogen (secondary N) is 3. The number of rotatable bonds is 8. The van der Waals surface area contributed by atoms with Crippen LogP contribution in [0.4, 0.5) is 13.2 Å². The van der Waals surface area contributed by atoms with Crippen LogP contribution < -0.4 is 15.4 Å². The van der Waals surface area contributed by atoms with Crippen LogP contribution in [0.25, 0.3) is 0 Å². The van der Waals surface area contributed by atoms with Crippen molar-refractivity contribution in [1.82, 2.24) is 15.4 Å². The number of hydrogen-bond acceptors (Lipinski definition) is 3. The second-order valence-corrected chi connectivity index (χ2v) is 8.92. The van der Waals surface area contributed by atoms with E-state index in [9.17, 15) is 21.6 Å². The Morgan fingerprint density at radius 3 is 2.41 bits per heavy atom. The van der Waals surface area contributed by atoms with E-state index in [0.717, 1.165) is 31.6 Å². The molecule has 0 bridgehead atoms. The van der Waals surface area contributed by atoms with Crippen LogP contribution >= 0.6 is 24.0 Å². The average molecular weight is 548 g/mol. The Morgan fingerprint density at radius 1 is 1.21 bits per heavy atom. The number of aliphatic imine (C=N–C) groups is 1. The van der Waals surface area contributed by atoms with Crippen molar-refractivity contribution in [2.45, 2.75) is 37.3 Å². The molecule has 1 saturated carbocycles. The molecule has 166 valence electrons. The van der Waals surface area contributed by atoms with Crippen molar-refractivity contribution in [2.75, 3.05) is 32.9 Å². The first-order valence-corrected chi connectivity index (χ1v) is 11.0. The minimum atomic E-state index is -4.36. The van der Waals surface area contributed by atoms with Gasteiger partial charge in [0.05, 0.1) is 11.8 Å². The summed E-state index contributed by atoms with van der Waals surface area (Å²) in [5.74, 6) is 0.539. The van der Waals surface area contributed by atoms with E-state index >= 15 is 0 Å². The quantitative estimate of drug-likeness (QED) is 0.202. The molecule has 0 unspecified atom stereocenters. The zero-order valence-corrected chi connectivity index (χ0v) is 19.6. The van der Waals surface area contributed by atoms with Gasteiger partial charge >= 0.3 is 6.18 Å². The number of hydrogen-bond donors (Lipinski definition) is 3. The third-order valence-corrected chi connectivity index (χ3v) is 5.67. The normalized spacial score (nSPS) is 16.5. The molecule has 0 radical (unpaired) electrons. The van der Waals surface area contributed by atoms with Gasteiger partial charge in [0.25, 0.3) is 0 Å². The number of guanidine groups is 1. The van der Waals surface area contributed by atoms with Crippen molar-refractivity contribution in [3.8, 4) is 0 Å². The summed E-state index contributed by atoms with van der Waals surface area (Å²) in [6.45, 7) is 1.31. The molecule has 29 heavy (non-hydrogen) atoms. The number of benzene rings is 1. The minimum Gasteiger partial charge on any atom is -0.356 e. The summed E-state index contributed by atoms with van der Waals surface area (Å²) in [6.07, 6.45) is -0.0699. The minimum absolute atomic E-state index is 0. The number of sulfonamides is 1. The highest BCUT2D eigenvalue weighted by molar-refractivity contribution is 14.0. The van der Waals surface area contributed by atoms with E-state index in [2.05, 4.69) is 20.3 Å². The fraction of sp³-hybridized carbons (Fsp3) is 0.611. The first-order valence-electron chi connectivity index (χ1n) is 9.13. The van der Waals surface area contributed by atoms with E-state index in [1.807, 2.05) is 0 Å². The fourth-order valence-electron chi connectivity index (χ4n) is 3.22. The molecule has 0 aromatic heterocycles. The van der Waals surface area contributed by atoms with Gasteiger partial charge in [-0.05, 0) is 30.9 Å². The average Bonchev–Trinajstić information content (AvgIpc) is 2.57. The Labute approximate surface area is 187 Å². The molecule has 0 spiro atoms. The zero-order chi connectivity index (χ0) is 20.8. The SMILES string of the molecule is CN=C(NCCCNS(C)(=O)=O)NCC1(c2cccc(C(F)(F)F)c2)CCC1.I. The van der Waals surface area contributed by atoms with E-state index in [1.54, 1.807) is 13.1 Å². The summed E-state index contributed by atoms with van der Waals surface area (Å²) in [6, 6.07) is 5.55. The molecular weight excluding hydrogens is 520 g/mol. The Hall–Kier alpha value is -1.08. The van der Waals surface area contributed by atoms with Crippen LogP contribution in [-0.2, 0) is 21.6 Å². The Morgan fingerprint density at radius 2 is 1.90 bits per heavy atom. The van der Waals surface area contributed by atoms with E-state index < -0.39 is 21.8 Å². The van der Waals surface area contributed by atoms with Gasteiger partial charge in [0, 0.05) is 32.1 Å². The molecule has 0 atom stereocenters. The smallest absolute Gasteiger partial charge is 0.356 e. The molecule has 3 N–H and O–H groups in total. The molecule has 0 amide bonds. The molecule has 2 rings (SSSR count). The summed E-state index contributed by atoms with van der Waals surface area (Å²) in [7, 11) is -1.59. The maximum Gasteiger partial charge on any atom is 0.416 e. The highest BCUT2D eigenvalue weighted by Gasteiger charge is 2.40. The third-order valence-electron chi connectivity index (χ3n) is 4.94. The van der Waals surface area contributed by atoms with E-state index in [0.29, 0.717) is 37.6 Å². The predicted molar refractivity (Wildman–Crippen MR) is 119 cm³/mol. The van der Waals surface area contributed by atoms with Gasteiger partial charge in [-0.15, -0.1) is 24.0 Å². The number of alkyl halides is 3. The maximum absolute atomic E-state index is 13.0. The van der Waals surface area contributed by atoms with Crippen LogP contribution in [0.5, 0.6) is 0 Å². The second-order valence-electron chi connectivity index (χ2n) is 7.09. The summed E-state index contributed by atoms with van der Waals surface area (Å²) in [5, 5.41) is 6.28. The van der Waals surface area contributed by atoms with Crippen molar-refractivity contribution < 1.29 is 21.6 Å². The first kappa shape index (κ1) is 26.0. The number of halogens is 4. The third kappa shape index (κ3) is 7.93. The molecule has 11 heteroatoms. The predicted octanol–water partition coefficient (Wildman–Crippen LogP) is 2.85. The topological polar surface area (TPSA) is 82.6 Å². The lowest BCUT2D eigenvalue weighted by Crippen LogP contribution is -2.49. The summed E-state index contributed by atoms with van der Waals surface area (Å²) in [5.41, 5.74) is -0.275. The van der Waals surface area contributed by atoms with Gasteiger partial charge in [-0.3, -0.25) is 4.99 Å². The van der Waals surface area contributed by atoms with Gasteiger partial charge in [-0.1, -0.05) is 24.6 Å². The Kier molecular flexibility index (Phi) is 9.67. The Bertz CT molecular complexity index is 797. The summed E-state index contributed by atoms with van der Waals surface area (Å²) in [4.78, 5) is 4.12. The lowest BCUT2D eigenvalue weighted by molar-refractivity contribution is -0.137. The van der Waals surface area contributed by atoms with Crippen LogP contribution in [0.15, 0.2) is 29.3 Å². The van der Waals surface area contributed by atoms with Gasteiger partial charge in [0.15, 0.2) is 5.96 Å². The van der Waals surface area contributed by atoms with Crippen LogP contribution in [0.1, 0.15) is 36.8 Å². The van der Waals surface area contributed by atoms with Gasteiger partial charge in [0.2, 0.25) is 10.0 Å². The summed E-state index contributed by atoms with van der Waals surface area (Å²) < 4.78 is 63.6.